The summed E-state index contributed by atoms with van der Waals surface area (Å²) < 4.78 is 10.7. The van der Waals surface area contributed by atoms with Crippen LogP contribution >= 0.6 is 0 Å². The second-order valence-electron chi connectivity index (χ2n) is 5.50. The fourth-order valence-corrected chi connectivity index (χ4v) is 2.78. The molecule has 3 rings (SSSR count). The third-order valence-corrected chi connectivity index (χ3v) is 4.14. The lowest BCUT2D eigenvalue weighted by atomic mass is 10.0. The SMILES string of the molecule is CCN(CC)c1ccc(/C=C(/C#N)c2ccc3c(c2)OCO3)cc1. The second kappa shape index (κ2) is 7.10. The molecule has 0 fully saturated rings. The van der Waals surface area contributed by atoms with Crippen molar-refractivity contribution in [3.8, 4) is 17.6 Å². The molecule has 2 aromatic rings. The van der Waals surface area contributed by atoms with E-state index in [9.17, 15) is 5.26 Å². The number of fused-ring (bicyclic) bond motifs is 1. The fraction of sp³-hybridized carbons (Fsp3) is 0.250. The van der Waals surface area contributed by atoms with Crippen molar-refractivity contribution in [1.29, 1.82) is 5.26 Å². The zero-order valence-electron chi connectivity index (χ0n) is 14.0. The van der Waals surface area contributed by atoms with Crippen LogP contribution in [0.3, 0.4) is 0 Å². The van der Waals surface area contributed by atoms with Gasteiger partial charge in [0.15, 0.2) is 11.5 Å². The molecule has 24 heavy (non-hydrogen) atoms. The molecule has 0 saturated carbocycles. The number of anilines is 1. The summed E-state index contributed by atoms with van der Waals surface area (Å²) in [4.78, 5) is 2.29. The van der Waals surface area contributed by atoms with Crippen molar-refractivity contribution in [2.75, 3.05) is 24.8 Å². The predicted molar refractivity (Wildman–Crippen MR) is 96.1 cm³/mol. The van der Waals surface area contributed by atoms with Crippen molar-refractivity contribution in [3.05, 3.63) is 53.6 Å². The van der Waals surface area contributed by atoms with Crippen LogP contribution in [0.4, 0.5) is 5.69 Å². The molecule has 0 aromatic heterocycles. The van der Waals surface area contributed by atoms with E-state index < -0.39 is 0 Å². The Hall–Kier alpha value is -2.93. The normalized spacial score (nSPS) is 12.8. The minimum atomic E-state index is 0.233. The number of rotatable bonds is 5. The summed E-state index contributed by atoms with van der Waals surface area (Å²) in [6.07, 6.45) is 1.89. The zero-order chi connectivity index (χ0) is 16.9. The minimum Gasteiger partial charge on any atom is -0.454 e. The molecule has 1 heterocycles. The number of benzene rings is 2. The lowest BCUT2D eigenvalue weighted by molar-refractivity contribution is 0.174. The van der Waals surface area contributed by atoms with Crippen LogP contribution in [0.1, 0.15) is 25.0 Å². The molecular weight excluding hydrogens is 300 g/mol. The van der Waals surface area contributed by atoms with Gasteiger partial charge in [0.1, 0.15) is 0 Å². The summed E-state index contributed by atoms with van der Waals surface area (Å²) in [5.74, 6) is 1.41. The molecule has 0 aliphatic carbocycles. The monoisotopic (exact) mass is 320 g/mol. The Morgan fingerprint density at radius 3 is 2.46 bits per heavy atom. The highest BCUT2D eigenvalue weighted by molar-refractivity contribution is 5.90. The molecule has 0 radical (unpaired) electrons. The van der Waals surface area contributed by atoms with Crippen LogP contribution in [-0.4, -0.2) is 19.9 Å². The van der Waals surface area contributed by atoms with Gasteiger partial charge >= 0.3 is 0 Å². The van der Waals surface area contributed by atoms with Gasteiger partial charge in [-0.3, -0.25) is 0 Å². The van der Waals surface area contributed by atoms with Gasteiger partial charge in [0.05, 0.1) is 11.6 Å². The number of hydrogen-bond donors (Lipinski definition) is 0. The van der Waals surface area contributed by atoms with Crippen molar-refractivity contribution in [3.63, 3.8) is 0 Å². The molecular formula is C20H20N2O2. The van der Waals surface area contributed by atoms with E-state index in [2.05, 4.69) is 36.9 Å². The molecule has 0 saturated heterocycles. The van der Waals surface area contributed by atoms with Gasteiger partial charge in [0.2, 0.25) is 6.79 Å². The van der Waals surface area contributed by atoms with Crippen LogP contribution in [0, 0.1) is 11.3 Å². The fourth-order valence-electron chi connectivity index (χ4n) is 2.78. The summed E-state index contributed by atoms with van der Waals surface area (Å²) in [7, 11) is 0. The van der Waals surface area contributed by atoms with Crippen molar-refractivity contribution >= 4 is 17.3 Å². The summed E-state index contributed by atoms with van der Waals surface area (Å²) in [6.45, 7) is 6.48. The third-order valence-electron chi connectivity index (χ3n) is 4.14. The van der Waals surface area contributed by atoms with Gasteiger partial charge in [0.25, 0.3) is 0 Å². The Bertz CT molecular complexity index is 784. The number of allylic oxidation sites excluding steroid dienone is 1. The first kappa shape index (κ1) is 15.9. The van der Waals surface area contributed by atoms with Crippen LogP contribution < -0.4 is 14.4 Å². The van der Waals surface area contributed by atoms with Crippen molar-refractivity contribution in [2.45, 2.75) is 13.8 Å². The quantitative estimate of drug-likeness (QED) is 0.608. The Balaban J connectivity index is 1.87. The van der Waals surface area contributed by atoms with Crippen LogP contribution in [-0.2, 0) is 0 Å². The molecule has 1 aliphatic heterocycles. The Morgan fingerprint density at radius 2 is 1.79 bits per heavy atom. The van der Waals surface area contributed by atoms with Crippen molar-refractivity contribution in [2.24, 2.45) is 0 Å². The van der Waals surface area contributed by atoms with E-state index in [-0.39, 0.29) is 6.79 Å². The topological polar surface area (TPSA) is 45.5 Å². The molecule has 4 nitrogen and oxygen atoms in total. The first-order valence-electron chi connectivity index (χ1n) is 8.12. The van der Waals surface area contributed by atoms with Gasteiger partial charge in [-0.2, -0.15) is 5.26 Å². The first-order chi connectivity index (χ1) is 11.7. The lowest BCUT2D eigenvalue weighted by Gasteiger charge is -2.20. The lowest BCUT2D eigenvalue weighted by Crippen LogP contribution is -2.21. The van der Waals surface area contributed by atoms with E-state index in [1.165, 1.54) is 5.69 Å². The highest BCUT2D eigenvalue weighted by atomic mass is 16.7. The Morgan fingerprint density at radius 1 is 1.08 bits per heavy atom. The maximum atomic E-state index is 9.51. The molecule has 0 bridgehead atoms. The molecule has 0 unspecified atom stereocenters. The smallest absolute Gasteiger partial charge is 0.231 e. The van der Waals surface area contributed by atoms with Crippen molar-refractivity contribution in [1.82, 2.24) is 0 Å². The molecule has 0 amide bonds. The largest absolute Gasteiger partial charge is 0.454 e. The van der Waals surface area contributed by atoms with Gasteiger partial charge in [-0.1, -0.05) is 12.1 Å². The van der Waals surface area contributed by atoms with Crippen molar-refractivity contribution < 1.29 is 9.47 Å². The van der Waals surface area contributed by atoms with Gasteiger partial charge in [0, 0.05) is 18.8 Å². The van der Waals surface area contributed by atoms with E-state index >= 15 is 0 Å². The molecule has 1 aliphatic rings. The van der Waals surface area contributed by atoms with E-state index in [1.807, 2.05) is 36.4 Å². The van der Waals surface area contributed by atoms with Gasteiger partial charge in [-0.15, -0.1) is 0 Å². The summed E-state index contributed by atoms with van der Waals surface area (Å²) in [6, 6.07) is 16.1. The number of nitrogens with zero attached hydrogens (tertiary/aromatic N) is 2. The van der Waals surface area contributed by atoms with Gasteiger partial charge in [-0.25, -0.2) is 0 Å². The Kier molecular flexibility index (Phi) is 4.72. The minimum absolute atomic E-state index is 0.233. The summed E-state index contributed by atoms with van der Waals surface area (Å²) in [5.41, 5.74) is 3.62. The van der Waals surface area contributed by atoms with Crippen LogP contribution in [0.5, 0.6) is 11.5 Å². The van der Waals surface area contributed by atoms with Crippen LogP contribution in [0.2, 0.25) is 0 Å². The maximum absolute atomic E-state index is 9.51. The average molecular weight is 320 g/mol. The van der Waals surface area contributed by atoms with Crippen LogP contribution in [0.25, 0.3) is 11.6 Å². The average Bonchev–Trinajstić information content (AvgIpc) is 3.09. The van der Waals surface area contributed by atoms with E-state index in [0.717, 1.165) is 30.0 Å². The number of hydrogen-bond acceptors (Lipinski definition) is 4. The van der Waals surface area contributed by atoms with Gasteiger partial charge < -0.3 is 14.4 Å². The second-order valence-corrected chi connectivity index (χ2v) is 5.50. The highest BCUT2D eigenvalue weighted by Crippen LogP contribution is 2.34. The van der Waals surface area contributed by atoms with Gasteiger partial charge in [-0.05, 0) is 61.4 Å². The molecule has 122 valence electrons. The standard InChI is InChI=1S/C20H20N2O2/c1-3-22(4-2)18-8-5-15(6-9-18)11-17(13-21)16-7-10-19-20(12-16)24-14-23-19/h5-12H,3-4,14H2,1-2H3/b17-11-. The van der Waals surface area contributed by atoms with E-state index in [0.29, 0.717) is 11.3 Å². The molecule has 0 N–H and O–H groups in total. The molecule has 0 atom stereocenters. The maximum Gasteiger partial charge on any atom is 0.231 e. The number of ether oxygens (including phenoxy) is 2. The molecule has 4 heteroatoms. The van der Waals surface area contributed by atoms with Crippen LogP contribution in [0.15, 0.2) is 42.5 Å². The predicted octanol–water partition coefficient (Wildman–Crippen LogP) is 4.33. The van der Waals surface area contributed by atoms with E-state index in [1.54, 1.807) is 0 Å². The summed E-state index contributed by atoms with van der Waals surface area (Å²) in [5, 5.41) is 9.51. The number of nitriles is 1. The zero-order valence-corrected chi connectivity index (χ0v) is 14.0. The Labute approximate surface area is 142 Å². The first-order valence-corrected chi connectivity index (χ1v) is 8.12. The molecule has 0 spiro atoms. The van der Waals surface area contributed by atoms with E-state index in [4.69, 9.17) is 9.47 Å². The molecule has 2 aromatic carbocycles. The third kappa shape index (κ3) is 3.21. The highest BCUT2D eigenvalue weighted by Gasteiger charge is 2.14. The summed E-state index contributed by atoms with van der Waals surface area (Å²) >= 11 is 0.